The summed E-state index contributed by atoms with van der Waals surface area (Å²) < 4.78 is 5.62. The second-order valence-corrected chi connectivity index (χ2v) is 4.03. The van der Waals surface area contributed by atoms with Crippen LogP contribution in [0.2, 0.25) is 0 Å². The molecule has 0 radical (unpaired) electrons. The molecule has 0 atom stereocenters. The van der Waals surface area contributed by atoms with Crippen molar-refractivity contribution in [2.45, 2.75) is 6.92 Å². The zero-order chi connectivity index (χ0) is 9.10. The second-order valence-electron chi connectivity index (χ2n) is 2.78. The Morgan fingerprint density at radius 2 is 1.77 bits per heavy atom. The van der Waals surface area contributed by atoms with Gasteiger partial charge >= 0.3 is 0 Å². The van der Waals surface area contributed by atoms with E-state index in [-0.39, 0.29) is 0 Å². The number of para-hydroxylation sites is 1. The van der Waals surface area contributed by atoms with Gasteiger partial charge in [-0.3, -0.25) is 0 Å². The summed E-state index contributed by atoms with van der Waals surface area (Å²) in [5, 5.41) is 0.948. The minimum Gasteiger partial charge on any atom is -0.447 e. The van der Waals surface area contributed by atoms with Gasteiger partial charge in [0, 0.05) is 4.88 Å². The van der Waals surface area contributed by atoms with E-state index in [1.165, 1.54) is 4.88 Å². The molecule has 1 heterocycles. The highest BCUT2D eigenvalue weighted by atomic mass is 32.1. The van der Waals surface area contributed by atoms with Gasteiger partial charge in [0.2, 0.25) is 0 Å². The molecule has 66 valence electrons. The van der Waals surface area contributed by atoms with Crippen LogP contribution in [0.4, 0.5) is 0 Å². The van der Waals surface area contributed by atoms with E-state index in [9.17, 15) is 0 Å². The lowest BCUT2D eigenvalue weighted by Gasteiger charge is -2.00. The summed E-state index contributed by atoms with van der Waals surface area (Å²) in [6.45, 7) is 2.07. The molecule has 0 aliphatic heterocycles. The summed E-state index contributed by atoms with van der Waals surface area (Å²) in [6, 6.07) is 13.9. The van der Waals surface area contributed by atoms with Crippen LogP contribution in [0.3, 0.4) is 0 Å². The molecular weight excluding hydrogens is 180 g/mol. The Bertz CT molecular complexity index is 378. The van der Waals surface area contributed by atoms with Crippen molar-refractivity contribution in [1.82, 2.24) is 0 Å². The zero-order valence-electron chi connectivity index (χ0n) is 7.36. The lowest BCUT2D eigenvalue weighted by atomic mass is 10.3. The minimum atomic E-state index is 0.893. The normalized spacial score (nSPS) is 9.92. The lowest BCUT2D eigenvalue weighted by molar-refractivity contribution is 0.496. The third-order valence-corrected chi connectivity index (χ3v) is 2.56. The molecule has 0 amide bonds. The number of benzene rings is 1. The Balaban J connectivity index is 2.15. The Hall–Kier alpha value is -1.28. The topological polar surface area (TPSA) is 9.23 Å². The first-order chi connectivity index (χ1) is 6.34. The van der Waals surface area contributed by atoms with E-state index >= 15 is 0 Å². The number of rotatable bonds is 2. The van der Waals surface area contributed by atoms with Gasteiger partial charge in [-0.25, -0.2) is 0 Å². The van der Waals surface area contributed by atoms with Crippen molar-refractivity contribution in [2.24, 2.45) is 0 Å². The summed E-state index contributed by atoms with van der Waals surface area (Å²) in [5.41, 5.74) is 0. The van der Waals surface area contributed by atoms with Gasteiger partial charge in [0.15, 0.2) is 5.06 Å². The summed E-state index contributed by atoms with van der Waals surface area (Å²) in [6.07, 6.45) is 0. The van der Waals surface area contributed by atoms with Crippen molar-refractivity contribution in [3.63, 3.8) is 0 Å². The van der Waals surface area contributed by atoms with Gasteiger partial charge in [-0.15, -0.1) is 11.3 Å². The average Bonchev–Trinajstić information content (AvgIpc) is 2.53. The SMILES string of the molecule is Cc1ccc(Oc2ccccc2)s1. The van der Waals surface area contributed by atoms with Gasteiger partial charge in [0.25, 0.3) is 0 Å². The van der Waals surface area contributed by atoms with Crippen LogP contribution >= 0.6 is 11.3 Å². The van der Waals surface area contributed by atoms with E-state index in [0.29, 0.717) is 0 Å². The van der Waals surface area contributed by atoms with E-state index in [1.54, 1.807) is 11.3 Å². The highest BCUT2D eigenvalue weighted by Gasteiger charge is 1.97. The van der Waals surface area contributed by atoms with Crippen LogP contribution in [0.25, 0.3) is 0 Å². The average molecular weight is 190 g/mol. The molecule has 0 aliphatic carbocycles. The number of aryl methyl sites for hydroxylation is 1. The first-order valence-corrected chi connectivity index (χ1v) is 4.95. The standard InChI is InChI=1S/C11H10OS/c1-9-7-8-11(13-9)12-10-5-3-2-4-6-10/h2-8H,1H3. The van der Waals surface area contributed by atoms with Crippen LogP contribution in [-0.4, -0.2) is 0 Å². The van der Waals surface area contributed by atoms with E-state index < -0.39 is 0 Å². The van der Waals surface area contributed by atoms with Crippen LogP contribution in [0.15, 0.2) is 42.5 Å². The fourth-order valence-corrected chi connectivity index (χ4v) is 1.80. The Kier molecular flexibility index (Phi) is 2.32. The number of hydrogen-bond donors (Lipinski definition) is 0. The molecule has 1 aromatic heterocycles. The molecule has 0 unspecified atom stereocenters. The van der Waals surface area contributed by atoms with Gasteiger partial charge in [0.1, 0.15) is 5.75 Å². The summed E-state index contributed by atoms with van der Waals surface area (Å²) in [5.74, 6) is 0.893. The molecule has 0 N–H and O–H groups in total. The number of ether oxygens (including phenoxy) is 1. The van der Waals surface area contributed by atoms with E-state index in [4.69, 9.17) is 4.74 Å². The van der Waals surface area contributed by atoms with Crippen molar-refractivity contribution in [1.29, 1.82) is 0 Å². The molecule has 0 saturated heterocycles. The third kappa shape index (κ3) is 2.10. The summed E-state index contributed by atoms with van der Waals surface area (Å²) in [7, 11) is 0. The lowest BCUT2D eigenvalue weighted by Crippen LogP contribution is -1.77. The van der Waals surface area contributed by atoms with Crippen LogP contribution < -0.4 is 4.74 Å². The van der Waals surface area contributed by atoms with Crippen LogP contribution in [0, 0.1) is 6.92 Å². The molecule has 2 heteroatoms. The highest BCUT2D eigenvalue weighted by molar-refractivity contribution is 7.13. The molecule has 1 nitrogen and oxygen atoms in total. The van der Waals surface area contributed by atoms with Gasteiger partial charge in [-0.05, 0) is 31.2 Å². The molecule has 2 rings (SSSR count). The second kappa shape index (κ2) is 3.62. The van der Waals surface area contributed by atoms with Crippen LogP contribution in [0.5, 0.6) is 10.8 Å². The van der Waals surface area contributed by atoms with Crippen molar-refractivity contribution >= 4 is 11.3 Å². The third-order valence-electron chi connectivity index (χ3n) is 1.68. The number of hydrogen-bond acceptors (Lipinski definition) is 2. The fraction of sp³-hybridized carbons (Fsp3) is 0.0909. The Labute approximate surface area is 81.6 Å². The molecule has 0 bridgehead atoms. The van der Waals surface area contributed by atoms with E-state index in [2.05, 4.69) is 13.0 Å². The molecular formula is C11H10OS. The summed E-state index contributed by atoms with van der Waals surface area (Å²) in [4.78, 5) is 1.27. The molecule has 1 aromatic carbocycles. The van der Waals surface area contributed by atoms with Crippen molar-refractivity contribution in [3.05, 3.63) is 47.3 Å². The van der Waals surface area contributed by atoms with Gasteiger partial charge in [-0.2, -0.15) is 0 Å². The fourth-order valence-electron chi connectivity index (χ4n) is 1.07. The van der Waals surface area contributed by atoms with Crippen molar-refractivity contribution < 1.29 is 4.74 Å². The maximum atomic E-state index is 5.62. The largest absolute Gasteiger partial charge is 0.447 e. The highest BCUT2D eigenvalue weighted by Crippen LogP contribution is 2.28. The smallest absolute Gasteiger partial charge is 0.181 e. The Morgan fingerprint density at radius 1 is 1.00 bits per heavy atom. The van der Waals surface area contributed by atoms with Gasteiger partial charge in [0.05, 0.1) is 0 Å². The minimum absolute atomic E-state index is 0.893. The quantitative estimate of drug-likeness (QED) is 0.699. The summed E-state index contributed by atoms with van der Waals surface area (Å²) >= 11 is 1.66. The predicted octanol–water partition coefficient (Wildman–Crippen LogP) is 3.85. The van der Waals surface area contributed by atoms with Crippen molar-refractivity contribution in [3.8, 4) is 10.8 Å². The van der Waals surface area contributed by atoms with Crippen LogP contribution in [-0.2, 0) is 0 Å². The zero-order valence-corrected chi connectivity index (χ0v) is 8.17. The Morgan fingerprint density at radius 3 is 2.38 bits per heavy atom. The van der Waals surface area contributed by atoms with E-state index in [0.717, 1.165) is 10.8 Å². The molecule has 0 aliphatic rings. The van der Waals surface area contributed by atoms with E-state index in [1.807, 2.05) is 36.4 Å². The van der Waals surface area contributed by atoms with Crippen LogP contribution in [0.1, 0.15) is 4.88 Å². The van der Waals surface area contributed by atoms with Crippen molar-refractivity contribution in [2.75, 3.05) is 0 Å². The monoisotopic (exact) mass is 190 g/mol. The predicted molar refractivity (Wildman–Crippen MR) is 55.6 cm³/mol. The maximum absolute atomic E-state index is 5.62. The maximum Gasteiger partial charge on any atom is 0.181 e. The first kappa shape index (κ1) is 8.32. The van der Waals surface area contributed by atoms with Gasteiger partial charge in [-0.1, -0.05) is 18.2 Å². The number of thiophene rings is 1. The first-order valence-electron chi connectivity index (χ1n) is 4.14. The molecule has 0 fully saturated rings. The molecule has 2 aromatic rings. The van der Waals surface area contributed by atoms with Gasteiger partial charge < -0.3 is 4.74 Å². The molecule has 0 spiro atoms. The molecule has 13 heavy (non-hydrogen) atoms. The molecule has 0 saturated carbocycles.